The number of ether oxygens (including phenoxy) is 2. The number of esters is 2. The molecule has 4 unspecified atom stereocenters. The molecule has 0 radical (unpaired) electrons. The number of carbonyl (C=O) groups is 2. The first-order valence-corrected chi connectivity index (χ1v) is 12.1. The third-order valence-electron chi connectivity index (χ3n) is 8.26. The molecule has 0 aromatic carbocycles. The number of carbonyl (C=O) groups excluding carboxylic acids is 2. The van der Waals surface area contributed by atoms with Crippen molar-refractivity contribution < 1.29 is 19.1 Å². The third-order valence-corrected chi connectivity index (χ3v) is 8.26. The van der Waals surface area contributed by atoms with Crippen LogP contribution in [-0.4, -0.2) is 18.0 Å². The Hall–Kier alpha value is -1.54. The maximum atomic E-state index is 12.8. The Kier molecular flexibility index (Phi) is 5.56. The number of hydrogen-bond donors (Lipinski definition) is 0. The first-order valence-electron chi connectivity index (χ1n) is 12.1. The lowest BCUT2D eigenvalue weighted by Crippen LogP contribution is -2.34. The van der Waals surface area contributed by atoms with Gasteiger partial charge in [0.1, 0.15) is 0 Å². The topological polar surface area (TPSA) is 52.6 Å². The molecule has 4 nitrogen and oxygen atoms in total. The molecule has 0 aliphatic heterocycles. The fourth-order valence-electron chi connectivity index (χ4n) is 6.59. The molecule has 0 saturated heterocycles. The molecule has 0 aromatic heterocycles. The zero-order valence-electron chi connectivity index (χ0n) is 17.5. The molecule has 4 heteroatoms. The first-order chi connectivity index (χ1) is 14.2. The molecule has 29 heavy (non-hydrogen) atoms. The minimum atomic E-state index is -0.426. The van der Waals surface area contributed by atoms with Crippen LogP contribution in [0.3, 0.4) is 0 Å². The third kappa shape index (κ3) is 3.93. The van der Waals surface area contributed by atoms with Gasteiger partial charge in [-0.1, -0.05) is 44.3 Å². The fourth-order valence-corrected chi connectivity index (χ4v) is 6.59. The second kappa shape index (κ2) is 8.30. The van der Waals surface area contributed by atoms with Gasteiger partial charge in [-0.15, -0.1) is 0 Å². The van der Waals surface area contributed by atoms with Crippen LogP contribution >= 0.6 is 0 Å². The molecule has 4 fully saturated rings. The second-order valence-corrected chi connectivity index (χ2v) is 10.1. The van der Waals surface area contributed by atoms with E-state index in [1.54, 1.807) is 0 Å². The van der Waals surface area contributed by atoms with Gasteiger partial charge in [-0.3, -0.25) is 9.59 Å². The Morgan fingerprint density at radius 1 is 0.759 bits per heavy atom. The summed E-state index contributed by atoms with van der Waals surface area (Å²) < 4.78 is 11.9. The van der Waals surface area contributed by atoms with Gasteiger partial charge in [0, 0.05) is 0 Å². The SMILES string of the molecule is O=C(OC1=C=C2C3CCC(C3)C2CC1OC(=O)C1CCCCC1)C1CCCCC1. The van der Waals surface area contributed by atoms with Gasteiger partial charge in [-0.2, -0.15) is 0 Å². The van der Waals surface area contributed by atoms with E-state index in [0.717, 1.165) is 57.8 Å². The van der Waals surface area contributed by atoms with Crippen molar-refractivity contribution in [1.82, 2.24) is 0 Å². The summed E-state index contributed by atoms with van der Waals surface area (Å²) >= 11 is 0. The van der Waals surface area contributed by atoms with Crippen molar-refractivity contribution in [3.05, 3.63) is 17.1 Å². The number of rotatable bonds is 4. The van der Waals surface area contributed by atoms with Gasteiger partial charge in [0.2, 0.25) is 0 Å². The van der Waals surface area contributed by atoms with E-state index in [1.165, 1.54) is 37.7 Å². The van der Waals surface area contributed by atoms with Gasteiger partial charge in [-0.25, -0.2) is 0 Å². The lowest BCUT2D eigenvalue weighted by molar-refractivity contribution is -0.160. The molecule has 0 spiro atoms. The van der Waals surface area contributed by atoms with Gasteiger partial charge in [0.05, 0.1) is 11.8 Å². The maximum Gasteiger partial charge on any atom is 0.314 e. The highest BCUT2D eigenvalue weighted by atomic mass is 16.6. The Morgan fingerprint density at radius 3 is 2.10 bits per heavy atom. The predicted molar refractivity (Wildman–Crippen MR) is 109 cm³/mol. The minimum absolute atomic E-state index is 0.00417. The van der Waals surface area contributed by atoms with Gasteiger partial charge < -0.3 is 9.47 Å². The van der Waals surface area contributed by atoms with Crippen LogP contribution in [-0.2, 0) is 19.1 Å². The maximum absolute atomic E-state index is 12.8. The van der Waals surface area contributed by atoms with Crippen molar-refractivity contribution in [2.45, 2.75) is 96.0 Å². The predicted octanol–water partition coefficient (Wildman–Crippen LogP) is 5.46. The summed E-state index contributed by atoms with van der Waals surface area (Å²) in [6, 6.07) is 0. The average molecular weight is 399 g/mol. The molecule has 0 heterocycles. The number of fused-ring (bicyclic) bond motifs is 5. The van der Waals surface area contributed by atoms with Crippen LogP contribution in [0.15, 0.2) is 17.1 Å². The zero-order valence-corrected chi connectivity index (χ0v) is 17.5. The molecular formula is C25H34O4. The molecule has 0 N–H and O–H groups in total. The molecule has 0 amide bonds. The first kappa shape index (κ1) is 19.4. The van der Waals surface area contributed by atoms with Crippen LogP contribution in [0.2, 0.25) is 0 Å². The summed E-state index contributed by atoms with van der Waals surface area (Å²) in [7, 11) is 0. The van der Waals surface area contributed by atoms with Crippen LogP contribution in [0.4, 0.5) is 0 Å². The highest BCUT2D eigenvalue weighted by Gasteiger charge is 2.48. The lowest BCUT2D eigenvalue weighted by atomic mass is 9.78. The monoisotopic (exact) mass is 398 g/mol. The summed E-state index contributed by atoms with van der Waals surface area (Å²) in [5, 5.41) is 0. The van der Waals surface area contributed by atoms with Crippen molar-refractivity contribution >= 4 is 11.9 Å². The molecule has 4 atom stereocenters. The van der Waals surface area contributed by atoms with Gasteiger partial charge in [0.15, 0.2) is 11.9 Å². The molecular weight excluding hydrogens is 364 g/mol. The molecule has 5 rings (SSSR count). The minimum Gasteiger partial charge on any atom is -0.453 e. The van der Waals surface area contributed by atoms with Crippen molar-refractivity contribution in [2.75, 3.05) is 0 Å². The molecule has 4 saturated carbocycles. The van der Waals surface area contributed by atoms with E-state index < -0.39 is 6.10 Å². The Morgan fingerprint density at radius 2 is 1.41 bits per heavy atom. The second-order valence-electron chi connectivity index (χ2n) is 10.1. The van der Waals surface area contributed by atoms with Gasteiger partial charge in [0.25, 0.3) is 0 Å². The fraction of sp³-hybridized carbons (Fsp3) is 0.800. The molecule has 0 aromatic rings. The van der Waals surface area contributed by atoms with Crippen molar-refractivity contribution in [3.63, 3.8) is 0 Å². The summed E-state index contributed by atoms with van der Waals surface area (Å²) in [5.74, 6) is 2.07. The molecule has 5 aliphatic rings. The molecule has 158 valence electrons. The van der Waals surface area contributed by atoms with E-state index in [0.29, 0.717) is 23.5 Å². The molecule has 5 aliphatic carbocycles. The number of hydrogen-bond acceptors (Lipinski definition) is 4. The smallest absolute Gasteiger partial charge is 0.314 e. The normalized spacial score (nSPS) is 34.9. The van der Waals surface area contributed by atoms with E-state index >= 15 is 0 Å². The average Bonchev–Trinajstić information content (AvgIpc) is 3.37. The van der Waals surface area contributed by atoms with E-state index in [4.69, 9.17) is 9.47 Å². The van der Waals surface area contributed by atoms with Crippen molar-refractivity contribution in [2.24, 2.45) is 29.6 Å². The van der Waals surface area contributed by atoms with Crippen LogP contribution in [0.5, 0.6) is 0 Å². The van der Waals surface area contributed by atoms with E-state index in [2.05, 4.69) is 5.73 Å². The summed E-state index contributed by atoms with van der Waals surface area (Å²) in [4.78, 5) is 25.7. The van der Waals surface area contributed by atoms with E-state index in [1.807, 2.05) is 0 Å². The van der Waals surface area contributed by atoms with Gasteiger partial charge in [-0.05, 0) is 74.7 Å². The Balaban J connectivity index is 1.35. The van der Waals surface area contributed by atoms with E-state index in [-0.39, 0.29) is 23.8 Å². The standard InChI is InChI=1S/C25H34O4/c26-24(16-7-3-1-4-8-16)28-22-14-20-18-11-12-19(13-18)21(20)15-23(22)29-25(27)17-9-5-2-6-10-17/h16-20,22H,1-14H2. The Labute approximate surface area is 174 Å². The summed E-state index contributed by atoms with van der Waals surface area (Å²) in [6.07, 6.45) is 14.7. The highest BCUT2D eigenvalue weighted by molar-refractivity contribution is 5.75. The van der Waals surface area contributed by atoms with Crippen LogP contribution < -0.4 is 0 Å². The zero-order chi connectivity index (χ0) is 19.8. The van der Waals surface area contributed by atoms with Crippen molar-refractivity contribution in [3.8, 4) is 0 Å². The van der Waals surface area contributed by atoms with E-state index in [9.17, 15) is 9.59 Å². The van der Waals surface area contributed by atoms with Crippen LogP contribution in [0, 0.1) is 29.6 Å². The highest BCUT2D eigenvalue weighted by Crippen LogP contribution is 2.55. The lowest BCUT2D eigenvalue weighted by Gasteiger charge is -2.33. The molecule has 2 bridgehead atoms. The van der Waals surface area contributed by atoms with Crippen LogP contribution in [0.1, 0.15) is 89.9 Å². The van der Waals surface area contributed by atoms with Crippen molar-refractivity contribution in [1.29, 1.82) is 0 Å². The van der Waals surface area contributed by atoms with Crippen LogP contribution in [0.25, 0.3) is 0 Å². The van der Waals surface area contributed by atoms with Gasteiger partial charge >= 0.3 is 11.9 Å². The summed E-state index contributed by atoms with van der Waals surface area (Å²) in [5.41, 5.74) is 4.83. The quantitative estimate of drug-likeness (QED) is 0.466. The summed E-state index contributed by atoms with van der Waals surface area (Å²) in [6.45, 7) is 0. The largest absolute Gasteiger partial charge is 0.453 e. The Bertz CT molecular complexity index is 719.